The van der Waals surface area contributed by atoms with Gasteiger partial charge in [0.2, 0.25) is 5.91 Å². The Balaban J connectivity index is 1.60. The molecule has 0 aromatic heterocycles. The van der Waals surface area contributed by atoms with E-state index in [1.54, 1.807) is 11.9 Å². The highest BCUT2D eigenvalue weighted by Crippen LogP contribution is 2.30. The minimum Gasteiger partial charge on any atom is -0.322 e. The Morgan fingerprint density at radius 3 is 2.38 bits per heavy atom. The van der Waals surface area contributed by atoms with Crippen LogP contribution in [0.5, 0.6) is 0 Å². The number of amides is 4. The van der Waals surface area contributed by atoms with Gasteiger partial charge in [0, 0.05) is 18.7 Å². The van der Waals surface area contributed by atoms with Gasteiger partial charge in [-0.1, -0.05) is 19.1 Å². The van der Waals surface area contributed by atoms with Crippen LogP contribution in [0.25, 0.3) is 0 Å². The maximum Gasteiger partial charge on any atom is 0.327 e. The highest BCUT2D eigenvalue weighted by atomic mass is 19.1. The number of fused-ring (bicyclic) bond motifs is 1. The molecule has 2 heterocycles. The maximum atomic E-state index is 14.0. The van der Waals surface area contributed by atoms with Crippen molar-refractivity contribution < 1.29 is 27.6 Å². The molecule has 11 heteroatoms. The summed E-state index contributed by atoms with van der Waals surface area (Å²) in [5.41, 5.74) is 3.49. The van der Waals surface area contributed by atoms with Crippen LogP contribution in [0.2, 0.25) is 0 Å². The van der Waals surface area contributed by atoms with Crippen molar-refractivity contribution in [1.82, 2.24) is 20.2 Å². The van der Waals surface area contributed by atoms with Crippen LogP contribution >= 0.6 is 0 Å². The first-order chi connectivity index (χ1) is 16.2. The lowest BCUT2D eigenvalue weighted by molar-refractivity contribution is -0.140. The summed E-state index contributed by atoms with van der Waals surface area (Å²) >= 11 is 0. The monoisotopic (exact) mass is 475 g/mol. The van der Waals surface area contributed by atoms with Gasteiger partial charge in [0.15, 0.2) is 0 Å². The number of urea groups is 1. The molecule has 2 N–H and O–H groups in total. The molecule has 2 saturated heterocycles. The molecule has 180 valence electrons. The second-order valence-electron chi connectivity index (χ2n) is 8.27. The zero-order valence-corrected chi connectivity index (χ0v) is 18.6. The van der Waals surface area contributed by atoms with E-state index in [1.165, 1.54) is 29.2 Å². The molecule has 2 aromatic rings. The normalized spacial score (nSPS) is 22.8. The summed E-state index contributed by atoms with van der Waals surface area (Å²) in [4.78, 5) is 41.8. The van der Waals surface area contributed by atoms with E-state index in [1.807, 2.05) is 6.92 Å². The quantitative estimate of drug-likeness (QED) is 0.671. The molecule has 0 bridgehead atoms. The Morgan fingerprint density at radius 1 is 1.06 bits per heavy atom. The number of nitrogens with one attached hydrogen (secondary N) is 2. The maximum absolute atomic E-state index is 14.0. The number of anilines is 1. The second-order valence-corrected chi connectivity index (χ2v) is 8.27. The highest BCUT2D eigenvalue weighted by Gasteiger charge is 2.54. The SMILES string of the molecule is CCN1NC(C)C2C1C(=O)N(Cc1ccc(F)cc1)C(=O)N2CC(=O)Nc1ccc(F)cc1F. The van der Waals surface area contributed by atoms with E-state index >= 15 is 0 Å². The van der Waals surface area contributed by atoms with Crippen molar-refractivity contribution >= 4 is 23.5 Å². The van der Waals surface area contributed by atoms with Gasteiger partial charge in [0.05, 0.1) is 18.3 Å². The van der Waals surface area contributed by atoms with Crippen molar-refractivity contribution in [3.8, 4) is 0 Å². The summed E-state index contributed by atoms with van der Waals surface area (Å²) in [6.07, 6.45) is 0. The zero-order chi connectivity index (χ0) is 24.6. The molecular formula is C23H24F3N5O3. The molecule has 3 unspecified atom stereocenters. The largest absolute Gasteiger partial charge is 0.327 e. The first-order valence-corrected chi connectivity index (χ1v) is 10.8. The number of hydrogen-bond acceptors (Lipinski definition) is 5. The van der Waals surface area contributed by atoms with Crippen LogP contribution in [0.4, 0.5) is 23.7 Å². The third-order valence-electron chi connectivity index (χ3n) is 6.01. The Labute approximate surface area is 194 Å². The second kappa shape index (κ2) is 9.43. The van der Waals surface area contributed by atoms with Gasteiger partial charge in [-0.3, -0.25) is 14.5 Å². The predicted molar refractivity (Wildman–Crippen MR) is 117 cm³/mol. The van der Waals surface area contributed by atoms with Crippen LogP contribution in [0.3, 0.4) is 0 Å². The average Bonchev–Trinajstić information content (AvgIpc) is 3.14. The molecule has 0 aliphatic carbocycles. The predicted octanol–water partition coefficient (Wildman–Crippen LogP) is 2.47. The van der Waals surface area contributed by atoms with Gasteiger partial charge in [-0.2, -0.15) is 0 Å². The van der Waals surface area contributed by atoms with Crippen molar-refractivity contribution in [3.05, 3.63) is 65.5 Å². The van der Waals surface area contributed by atoms with Crippen LogP contribution in [0.1, 0.15) is 19.4 Å². The van der Waals surface area contributed by atoms with E-state index in [-0.39, 0.29) is 18.3 Å². The van der Waals surface area contributed by atoms with Gasteiger partial charge in [-0.25, -0.2) is 28.4 Å². The van der Waals surface area contributed by atoms with Crippen LogP contribution in [0.15, 0.2) is 42.5 Å². The van der Waals surface area contributed by atoms with E-state index in [0.29, 0.717) is 18.2 Å². The van der Waals surface area contributed by atoms with E-state index in [9.17, 15) is 27.6 Å². The zero-order valence-electron chi connectivity index (χ0n) is 18.6. The van der Waals surface area contributed by atoms with Gasteiger partial charge in [0.1, 0.15) is 30.0 Å². The van der Waals surface area contributed by atoms with E-state index in [2.05, 4.69) is 10.7 Å². The molecule has 2 aliphatic rings. The summed E-state index contributed by atoms with van der Waals surface area (Å²) in [5, 5.41) is 4.07. The number of rotatable bonds is 6. The number of benzene rings is 2. The fourth-order valence-electron chi connectivity index (χ4n) is 4.45. The molecule has 34 heavy (non-hydrogen) atoms. The number of hydrogen-bond donors (Lipinski definition) is 2. The molecule has 2 fully saturated rings. The Morgan fingerprint density at radius 2 is 1.74 bits per heavy atom. The molecule has 0 spiro atoms. The van der Waals surface area contributed by atoms with Crippen LogP contribution in [-0.4, -0.2) is 63.9 Å². The molecular weight excluding hydrogens is 451 g/mol. The molecule has 0 saturated carbocycles. The lowest BCUT2D eigenvalue weighted by Crippen LogP contribution is -2.67. The summed E-state index contributed by atoms with van der Waals surface area (Å²) in [6.45, 7) is 3.57. The van der Waals surface area contributed by atoms with E-state index < -0.39 is 53.9 Å². The first kappa shape index (κ1) is 23.7. The van der Waals surface area contributed by atoms with E-state index in [0.717, 1.165) is 17.0 Å². The number of carbonyl (C=O) groups excluding carboxylic acids is 3. The van der Waals surface area contributed by atoms with Gasteiger partial charge in [-0.05, 0) is 36.8 Å². The van der Waals surface area contributed by atoms with Crippen molar-refractivity contribution in [2.24, 2.45) is 0 Å². The summed E-state index contributed by atoms with van der Waals surface area (Å²) < 4.78 is 40.5. The van der Waals surface area contributed by atoms with Crippen molar-refractivity contribution in [1.29, 1.82) is 0 Å². The fraction of sp³-hybridized carbons (Fsp3) is 0.348. The van der Waals surface area contributed by atoms with Gasteiger partial charge < -0.3 is 10.2 Å². The lowest BCUT2D eigenvalue weighted by Gasteiger charge is -2.43. The first-order valence-electron chi connectivity index (χ1n) is 10.8. The van der Waals surface area contributed by atoms with Crippen LogP contribution < -0.4 is 10.7 Å². The summed E-state index contributed by atoms with van der Waals surface area (Å²) in [6, 6.07) is 5.75. The average molecular weight is 475 g/mol. The third kappa shape index (κ3) is 4.48. The number of imide groups is 1. The lowest BCUT2D eigenvalue weighted by atomic mass is 9.97. The number of halogens is 3. The number of carbonyl (C=O) groups is 3. The topological polar surface area (TPSA) is 85.0 Å². The Hall–Kier alpha value is -3.44. The molecule has 2 aromatic carbocycles. The Bertz CT molecular complexity index is 1110. The highest BCUT2D eigenvalue weighted by molar-refractivity contribution is 6.03. The molecule has 3 atom stereocenters. The summed E-state index contributed by atoms with van der Waals surface area (Å²) in [7, 11) is 0. The fourth-order valence-corrected chi connectivity index (χ4v) is 4.45. The number of hydrazine groups is 1. The molecule has 4 rings (SSSR count). The standard InChI is InChI=1S/C23H24F3N5O3/c1-3-31-21-20(13(2)28-31)29(12-19(32)27-18-9-8-16(25)10-17(18)26)23(34)30(22(21)33)11-14-4-6-15(24)7-5-14/h4-10,13,20-21,28H,3,11-12H2,1-2H3,(H,27,32). The molecule has 8 nitrogen and oxygen atoms in total. The van der Waals surface area contributed by atoms with E-state index in [4.69, 9.17) is 0 Å². The van der Waals surface area contributed by atoms with Crippen molar-refractivity contribution in [2.45, 2.75) is 38.5 Å². The number of nitrogens with zero attached hydrogens (tertiary/aromatic N) is 3. The molecule has 2 aliphatic heterocycles. The van der Waals surface area contributed by atoms with Crippen LogP contribution in [0, 0.1) is 17.5 Å². The Kier molecular flexibility index (Phi) is 6.58. The van der Waals surface area contributed by atoms with Gasteiger partial charge in [0.25, 0.3) is 5.91 Å². The van der Waals surface area contributed by atoms with Gasteiger partial charge in [-0.15, -0.1) is 0 Å². The minimum atomic E-state index is -0.947. The van der Waals surface area contributed by atoms with Crippen molar-refractivity contribution in [2.75, 3.05) is 18.4 Å². The molecule has 0 radical (unpaired) electrons. The van der Waals surface area contributed by atoms with Crippen LogP contribution in [-0.2, 0) is 16.1 Å². The molecule has 4 amide bonds. The smallest absolute Gasteiger partial charge is 0.322 e. The van der Waals surface area contributed by atoms with Crippen molar-refractivity contribution in [3.63, 3.8) is 0 Å². The third-order valence-corrected chi connectivity index (χ3v) is 6.01. The summed E-state index contributed by atoms with van der Waals surface area (Å²) in [5.74, 6) is -3.31. The minimum absolute atomic E-state index is 0.0994. The number of likely N-dealkylation sites (N-methyl/N-ethyl adjacent to an activating group) is 1. The van der Waals surface area contributed by atoms with Gasteiger partial charge >= 0.3 is 6.03 Å².